The number of aromatic nitrogens is 3. The number of hydrogen-bond donors (Lipinski definition) is 0. The molecule has 0 atom stereocenters. The Kier molecular flexibility index (Phi) is 7.34. The fraction of sp³-hybridized carbons (Fsp3) is 0. The lowest BCUT2D eigenvalue weighted by atomic mass is 9.99. The van der Waals surface area contributed by atoms with Crippen LogP contribution in [0, 0.1) is 0 Å². The van der Waals surface area contributed by atoms with E-state index in [1.807, 2.05) is 12.1 Å². The van der Waals surface area contributed by atoms with E-state index in [2.05, 4.69) is 164 Å². The van der Waals surface area contributed by atoms with Crippen molar-refractivity contribution in [1.82, 2.24) is 15.0 Å². The third-order valence-electron chi connectivity index (χ3n) is 8.96. The molecule has 0 saturated heterocycles. The maximum atomic E-state index is 5.12. The van der Waals surface area contributed by atoms with Crippen molar-refractivity contribution in [2.45, 2.75) is 0 Å². The lowest BCUT2D eigenvalue weighted by Gasteiger charge is -2.11. The average Bonchev–Trinajstić information content (AvgIpc) is 3.63. The van der Waals surface area contributed by atoms with Crippen molar-refractivity contribution in [3.8, 4) is 66.7 Å². The van der Waals surface area contributed by atoms with E-state index in [9.17, 15) is 0 Å². The molecule has 230 valence electrons. The highest BCUT2D eigenvalue weighted by atomic mass is 32.1. The first-order chi connectivity index (χ1) is 24.2. The van der Waals surface area contributed by atoms with E-state index in [0.717, 1.165) is 49.7 Å². The van der Waals surface area contributed by atoms with Gasteiger partial charge in [0.2, 0.25) is 0 Å². The molecule has 0 unspecified atom stereocenters. The number of rotatable bonds is 6. The summed E-state index contributed by atoms with van der Waals surface area (Å²) >= 11 is 1.71. The first kappa shape index (κ1) is 29.0. The highest BCUT2D eigenvalue weighted by Gasteiger charge is 2.13. The van der Waals surface area contributed by atoms with Crippen molar-refractivity contribution in [3.05, 3.63) is 176 Å². The Labute approximate surface area is 288 Å². The largest absolute Gasteiger partial charge is 0.236 e. The molecule has 0 fully saturated rings. The fourth-order valence-corrected chi connectivity index (χ4v) is 7.27. The number of fused-ring (bicyclic) bond motifs is 2. The van der Waals surface area contributed by atoms with Gasteiger partial charge in [0.05, 0.1) is 21.6 Å². The number of thiazole rings is 1. The van der Waals surface area contributed by atoms with Crippen LogP contribution in [0.25, 0.3) is 87.7 Å². The summed E-state index contributed by atoms with van der Waals surface area (Å²) in [6.45, 7) is 0. The molecule has 7 aromatic carbocycles. The van der Waals surface area contributed by atoms with E-state index in [0.29, 0.717) is 5.82 Å². The Bertz CT molecular complexity index is 2540. The summed E-state index contributed by atoms with van der Waals surface area (Å²) in [5.74, 6) is 0.695. The van der Waals surface area contributed by atoms with Crippen LogP contribution in [0.4, 0.5) is 0 Å². The predicted octanol–water partition coefficient (Wildman–Crippen LogP) is 12.2. The molecule has 0 N–H and O–H groups in total. The van der Waals surface area contributed by atoms with Crippen molar-refractivity contribution in [1.29, 1.82) is 0 Å². The minimum absolute atomic E-state index is 0.695. The van der Waals surface area contributed by atoms with E-state index in [-0.39, 0.29) is 0 Å². The van der Waals surface area contributed by atoms with E-state index < -0.39 is 0 Å². The van der Waals surface area contributed by atoms with Crippen molar-refractivity contribution in [3.63, 3.8) is 0 Å². The van der Waals surface area contributed by atoms with Gasteiger partial charge in [-0.2, -0.15) is 0 Å². The second-order valence-electron chi connectivity index (χ2n) is 12.1. The molecule has 2 heterocycles. The highest BCUT2D eigenvalue weighted by molar-refractivity contribution is 7.21. The van der Waals surface area contributed by atoms with E-state index >= 15 is 0 Å². The maximum Gasteiger partial charge on any atom is 0.160 e. The molecule has 0 saturated carbocycles. The Hall–Kier alpha value is -6.23. The molecule has 4 heteroatoms. The molecule has 0 spiro atoms. The molecule has 0 amide bonds. The summed E-state index contributed by atoms with van der Waals surface area (Å²) in [5, 5.41) is 3.50. The smallest absolute Gasteiger partial charge is 0.160 e. The van der Waals surface area contributed by atoms with Crippen molar-refractivity contribution >= 4 is 32.3 Å². The van der Waals surface area contributed by atoms with Gasteiger partial charge in [-0.15, -0.1) is 11.3 Å². The zero-order valence-electron chi connectivity index (χ0n) is 26.5. The van der Waals surface area contributed by atoms with Crippen molar-refractivity contribution < 1.29 is 0 Å². The van der Waals surface area contributed by atoms with Gasteiger partial charge in [-0.1, -0.05) is 152 Å². The van der Waals surface area contributed by atoms with Gasteiger partial charge in [-0.3, -0.25) is 0 Å². The molecule has 0 aliphatic heterocycles. The molecular formula is C45H29N3S. The van der Waals surface area contributed by atoms with E-state index in [1.54, 1.807) is 11.3 Å². The molecule has 0 radical (unpaired) electrons. The summed E-state index contributed by atoms with van der Waals surface area (Å²) < 4.78 is 1.19. The van der Waals surface area contributed by atoms with Crippen LogP contribution in [0.2, 0.25) is 0 Å². The SMILES string of the molecule is c1ccc(-c2ccc(-c3nc(-c4ccc(-c5ccc6ccccc6c5)cc4)cc(-c4ccc(-c5nc6ccccc6s5)cc4)n3)cc2)cc1. The molecule has 0 bridgehead atoms. The van der Waals surface area contributed by atoms with Gasteiger partial charge in [0.15, 0.2) is 5.82 Å². The summed E-state index contributed by atoms with van der Waals surface area (Å²) in [4.78, 5) is 15.1. The van der Waals surface area contributed by atoms with E-state index in [4.69, 9.17) is 15.0 Å². The quantitative estimate of drug-likeness (QED) is 0.181. The molecule has 3 nitrogen and oxygen atoms in total. The molecule has 9 rings (SSSR count). The Balaban J connectivity index is 1.09. The molecule has 0 aliphatic carbocycles. The van der Waals surface area contributed by atoms with Crippen LogP contribution in [-0.4, -0.2) is 15.0 Å². The molecule has 2 aromatic heterocycles. The van der Waals surface area contributed by atoms with Crippen LogP contribution < -0.4 is 0 Å². The van der Waals surface area contributed by atoms with Crippen LogP contribution >= 0.6 is 11.3 Å². The van der Waals surface area contributed by atoms with Gasteiger partial charge >= 0.3 is 0 Å². The van der Waals surface area contributed by atoms with Gasteiger partial charge in [0.25, 0.3) is 0 Å². The normalized spacial score (nSPS) is 11.3. The average molecular weight is 644 g/mol. The molecule has 9 aromatic rings. The van der Waals surface area contributed by atoms with Gasteiger partial charge in [-0.25, -0.2) is 15.0 Å². The maximum absolute atomic E-state index is 5.12. The highest BCUT2D eigenvalue weighted by Crippen LogP contribution is 2.34. The van der Waals surface area contributed by atoms with Crippen molar-refractivity contribution in [2.75, 3.05) is 0 Å². The van der Waals surface area contributed by atoms with Gasteiger partial charge in [0, 0.05) is 22.3 Å². The Morgan fingerprint density at radius 3 is 1.53 bits per heavy atom. The minimum Gasteiger partial charge on any atom is -0.236 e. The van der Waals surface area contributed by atoms with Crippen LogP contribution in [-0.2, 0) is 0 Å². The topological polar surface area (TPSA) is 38.7 Å². The van der Waals surface area contributed by atoms with Crippen LogP contribution in [0.5, 0.6) is 0 Å². The predicted molar refractivity (Wildman–Crippen MR) is 205 cm³/mol. The zero-order valence-corrected chi connectivity index (χ0v) is 27.3. The van der Waals surface area contributed by atoms with Crippen LogP contribution in [0.3, 0.4) is 0 Å². The van der Waals surface area contributed by atoms with Crippen LogP contribution in [0.1, 0.15) is 0 Å². The van der Waals surface area contributed by atoms with Gasteiger partial charge < -0.3 is 0 Å². The molecule has 49 heavy (non-hydrogen) atoms. The van der Waals surface area contributed by atoms with Gasteiger partial charge in [0.1, 0.15) is 5.01 Å². The number of para-hydroxylation sites is 1. The number of nitrogens with zero attached hydrogens (tertiary/aromatic N) is 3. The second-order valence-corrected chi connectivity index (χ2v) is 13.1. The summed E-state index contributed by atoms with van der Waals surface area (Å²) in [7, 11) is 0. The van der Waals surface area contributed by atoms with Gasteiger partial charge in [-0.05, 0) is 57.3 Å². The Morgan fingerprint density at radius 2 is 0.837 bits per heavy atom. The summed E-state index contributed by atoms with van der Waals surface area (Å²) in [6.07, 6.45) is 0. The minimum atomic E-state index is 0.695. The molecular weight excluding hydrogens is 615 g/mol. The van der Waals surface area contributed by atoms with Crippen LogP contribution in [0.15, 0.2) is 176 Å². The standard InChI is InChI=1S/C45H29N3S/c1-2-8-30(9-3-1)32-16-23-36(24-17-32)44-46-41(34-19-14-33(15-20-34)39-27-18-31-10-4-5-11-38(31)28-39)29-42(47-44)35-21-25-37(26-22-35)45-48-40-12-6-7-13-43(40)49-45/h1-29H. The Morgan fingerprint density at radius 1 is 0.327 bits per heavy atom. The van der Waals surface area contributed by atoms with E-state index in [1.165, 1.54) is 32.2 Å². The summed E-state index contributed by atoms with van der Waals surface area (Å²) in [6, 6.07) is 61.7. The first-order valence-electron chi connectivity index (χ1n) is 16.3. The molecule has 0 aliphatic rings. The number of benzene rings is 7. The third kappa shape index (κ3) is 5.80. The van der Waals surface area contributed by atoms with Crippen molar-refractivity contribution in [2.24, 2.45) is 0 Å². The monoisotopic (exact) mass is 643 g/mol. The fourth-order valence-electron chi connectivity index (χ4n) is 6.30. The third-order valence-corrected chi connectivity index (χ3v) is 10.0. The zero-order chi connectivity index (χ0) is 32.6. The number of hydrogen-bond acceptors (Lipinski definition) is 4. The first-order valence-corrected chi connectivity index (χ1v) is 17.2. The second kappa shape index (κ2) is 12.4. The lowest BCUT2D eigenvalue weighted by molar-refractivity contribution is 1.18. The summed E-state index contributed by atoms with van der Waals surface area (Å²) in [5.41, 5.74) is 11.6. The lowest BCUT2D eigenvalue weighted by Crippen LogP contribution is -1.96.